The molecule has 2 heterocycles. The lowest BCUT2D eigenvalue weighted by Gasteiger charge is -2.06. The molecule has 2 aromatic rings. The molecule has 0 saturated heterocycles. The summed E-state index contributed by atoms with van der Waals surface area (Å²) in [6, 6.07) is 2.07. The van der Waals surface area contributed by atoms with Crippen molar-refractivity contribution in [1.29, 1.82) is 0 Å². The van der Waals surface area contributed by atoms with E-state index in [1.54, 1.807) is 11.3 Å². The molecule has 21 heavy (non-hydrogen) atoms. The number of fused-ring (bicyclic) bond motifs is 1. The standard InChI is InChI=1S/C14H17N3O3S/c1-8(2)15-12(18)7-17-14(19)20-13(16-17)11-6-9-4-3-5-10(9)21-11/h6,8H,3-5,7H2,1-2H3,(H,15,18). The summed E-state index contributed by atoms with van der Waals surface area (Å²) >= 11 is 1.62. The maximum atomic E-state index is 11.8. The van der Waals surface area contributed by atoms with Gasteiger partial charge in [0.25, 0.3) is 5.89 Å². The highest BCUT2D eigenvalue weighted by Crippen LogP contribution is 2.35. The van der Waals surface area contributed by atoms with Crippen LogP contribution in [0.2, 0.25) is 0 Å². The molecule has 0 radical (unpaired) electrons. The number of nitrogens with one attached hydrogen (secondary N) is 1. The Balaban J connectivity index is 1.80. The van der Waals surface area contributed by atoms with Gasteiger partial charge in [0.2, 0.25) is 5.91 Å². The van der Waals surface area contributed by atoms with Crippen molar-refractivity contribution >= 4 is 17.2 Å². The molecule has 0 bridgehead atoms. The molecule has 1 amide bonds. The summed E-state index contributed by atoms with van der Waals surface area (Å²) in [5, 5.41) is 6.85. The van der Waals surface area contributed by atoms with Crippen molar-refractivity contribution in [3.8, 4) is 10.8 Å². The van der Waals surface area contributed by atoms with E-state index in [0.29, 0.717) is 5.89 Å². The van der Waals surface area contributed by atoms with E-state index in [1.807, 2.05) is 19.9 Å². The predicted octanol–water partition coefficient (Wildman–Crippen LogP) is 1.58. The minimum absolute atomic E-state index is 0.0276. The summed E-state index contributed by atoms with van der Waals surface area (Å²) < 4.78 is 6.24. The van der Waals surface area contributed by atoms with Crippen molar-refractivity contribution in [2.75, 3.05) is 0 Å². The predicted molar refractivity (Wildman–Crippen MR) is 79.4 cm³/mol. The molecule has 112 valence electrons. The van der Waals surface area contributed by atoms with E-state index in [2.05, 4.69) is 10.4 Å². The first-order chi connectivity index (χ1) is 10.0. The first kappa shape index (κ1) is 14.1. The second-order valence-corrected chi connectivity index (χ2v) is 6.60. The number of nitrogens with zero attached hydrogens (tertiary/aromatic N) is 2. The molecule has 0 spiro atoms. The first-order valence-electron chi connectivity index (χ1n) is 7.02. The molecule has 0 saturated carbocycles. The summed E-state index contributed by atoms with van der Waals surface area (Å²) in [7, 11) is 0. The van der Waals surface area contributed by atoms with Crippen molar-refractivity contribution in [2.45, 2.75) is 45.7 Å². The van der Waals surface area contributed by atoms with Crippen molar-refractivity contribution in [1.82, 2.24) is 15.1 Å². The third kappa shape index (κ3) is 2.92. The zero-order valence-electron chi connectivity index (χ0n) is 12.0. The van der Waals surface area contributed by atoms with Gasteiger partial charge in [0.15, 0.2) is 0 Å². The zero-order chi connectivity index (χ0) is 15.0. The Morgan fingerprint density at radius 3 is 3.05 bits per heavy atom. The molecule has 1 aliphatic rings. The molecule has 1 N–H and O–H groups in total. The lowest BCUT2D eigenvalue weighted by molar-refractivity contribution is -0.122. The van der Waals surface area contributed by atoms with Gasteiger partial charge in [-0.15, -0.1) is 16.4 Å². The van der Waals surface area contributed by atoms with Gasteiger partial charge in [-0.1, -0.05) is 0 Å². The van der Waals surface area contributed by atoms with Gasteiger partial charge in [0, 0.05) is 10.9 Å². The molecular formula is C14H17N3O3S. The fourth-order valence-electron chi connectivity index (χ4n) is 2.44. The lowest BCUT2D eigenvalue weighted by Crippen LogP contribution is -2.35. The van der Waals surface area contributed by atoms with Gasteiger partial charge >= 0.3 is 5.76 Å². The van der Waals surface area contributed by atoms with E-state index < -0.39 is 5.76 Å². The number of aryl methyl sites for hydroxylation is 2. The van der Waals surface area contributed by atoms with Crippen molar-refractivity contribution in [3.63, 3.8) is 0 Å². The third-order valence-corrected chi connectivity index (χ3v) is 4.53. The van der Waals surface area contributed by atoms with E-state index in [0.717, 1.165) is 22.4 Å². The molecular weight excluding hydrogens is 290 g/mol. The van der Waals surface area contributed by atoms with E-state index in [4.69, 9.17) is 4.42 Å². The van der Waals surface area contributed by atoms with Crippen LogP contribution in [0, 0.1) is 0 Å². The fourth-order valence-corrected chi connectivity index (χ4v) is 3.62. The van der Waals surface area contributed by atoms with E-state index in [-0.39, 0.29) is 18.5 Å². The van der Waals surface area contributed by atoms with Crippen LogP contribution in [0.1, 0.15) is 30.7 Å². The van der Waals surface area contributed by atoms with E-state index in [9.17, 15) is 9.59 Å². The Kier molecular flexibility index (Phi) is 3.67. The average molecular weight is 307 g/mol. The van der Waals surface area contributed by atoms with Gasteiger partial charge < -0.3 is 9.73 Å². The smallest absolute Gasteiger partial charge is 0.387 e. The normalized spacial score (nSPS) is 13.7. The Labute approximate surface area is 125 Å². The molecule has 0 fully saturated rings. The van der Waals surface area contributed by atoms with Crippen LogP contribution in [0.25, 0.3) is 10.8 Å². The van der Waals surface area contributed by atoms with Crippen molar-refractivity contribution < 1.29 is 9.21 Å². The van der Waals surface area contributed by atoms with E-state index >= 15 is 0 Å². The minimum atomic E-state index is -0.600. The average Bonchev–Trinajstić information content (AvgIpc) is 3.02. The van der Waals surface area contributed by atoms with Crippen LogP contribution in [0.3, 0.4) is 0 Å². The molecule has 0 unspecified atom stereocenters. The van der Waals surface area contributed by atoms with Crippen LogP contribution in [-0.2, 0) is 24.2 Å². The van der Waals surface area contributed by atoms with E-state index in [1.165, 1.54) is 16.9 Å². The lowest BCUT2D eigenvalue weighted by atomic mass is 10.2. The topological polar surface area (TPSA) is 77.1 Å². The van der Waals surface area contributed by atoms with Crippen LogP contribution < -0.4 is 11.1 Å². The summed E-state index contributed by atoms with van der Waals surface area (Å²) in [6.07, 6.45) is 3.35. The summed E-state index contributed by atoms with van der Waals surface area (Å²) in [5.41, 5.74) is 1.32. The summed E-state index contributed by atoms with van der Waals surface area (Å²) in [4.78, 5) is 25.7. The maximum absolute atomic E-state index is 11.8. The van der Waals surface area contributed by atoms with Gasteiger partial charge in [-0.25, -0.2) is 4.79 Å². The number of thiophene rings is 1. The van der Waals surface area contributed by atoms with Gasteiger partial charge in [-0.3, -0.25) is 4.79 Å². The summed E-state index contributed by atoms with van der Waals surface area (Å²) in [6.45, 7) is 3.61. The number of rotatable bonds is 4. The monoisotopic (exact) mass is 307 g/mol. The Morgan fingerprint density at radius 2 is 2.33 bits per heavy atom. The second kappa shape index (κ2) is 5.48. The van der Waals surface area contributed by atoms with Gasteiger partial charge in [-0.2, -0.15) is 4.68 Å². The van der Waals surface area contributed by atoms with Crippen LogP contribution in [-0.4, -0.2) is 21.7 Å². The van der Waals surface area contributed by atoms with Crippen molar-refractivity contribution in [3.05, 3.63) is 27.1 Å². The number of carbonyl (C=O) groups is 1. The maximum Gasteiger partial charge on any atom is 0.437 e. The molecule has 3 rings (SSSR count). The first-order valence-corrected chi connectivity index (χ1v) is 7.84. The van der Waals surface area contributed by atoms with Gasteiger partial charge in [0.1, 0.15) is 6.54 Å². The highest BCUT2D eigenvalue weighted by Gasteiger charge is 2.20. The van der Waals surface area contributed by atoms with Crippen LogP contribution in [0.5, 0.6) is 0 Å². The molecule has 1 aliphatic carbocycles. The molecule has 0 aliphatic heterocycles. The number of hydrogen-bond donors (Lipinski definition) is 1. The molecule has 7 heteroatoms. The largest absolute Gasteiger partial charge is 0.437 e. The molecule has 2 aromatic heterocycles. The number of carbonyl (C=O) groups excluding carboxylic acids is 1. The molecule has 6 nitrogen and oxygen atoms in total. The Morgan fingerprint density at radius 1 is 1.52 bits per heavy atom. The minimum Gasteiger partial charge on any atom is -0.387 e. The zero-order valence-corrected chi connectivity index (χ0v) is 12.8. The van der Waals surface area contributed by atoms with Crippen LogP contribution >= 0.6 is 11.3 Å². The van der Waals surface area contributed by atoms with Crippen LogP contribution in [0.4, 0.5) is 0 Å². The summed E-state index contributed by atoms with van der Waals surface area (Å²) in [5.74, 6) is -0.546. The SMILES string of the molecule is CC(C)NC(=O)Cn1nc(-c2cc3c(s2)CCC3)oc1=O. The number of amides is 1. The molecule has 0 atom stereocenters. The van der Waals surface area contributed by atoms with Crippen LogP contribution in [0.15, 0.2) is 15.3 Å². The highest BCUT2D eigenvalue weighted by atomic mass is 32.1. The second-order valence-electron chi connectivity index (χ2n) is 5.47. The highest BCUT2D eigenvalue weighted by molar-refractivity contribution is 7.15. The quantitative estimate of drug-likeness (QED) is 0.930. The Hall–Kier alpha value is -1.89. The fraction of sp³-hybridized carbons (Fsp3) is 0.500. The Bertz CT molecular complexity index is 705. The number of hydrogen-bond acceptors (Lipinski definition) is 5. The molecule has 0 aromatic carbocycles. The van der Waals surface area contributed by atoms with Crippen molar-refractivity contribution in [2.24, 2.45) is 0 Å². The van der Waals surface area contributed by atoms with Gasteiger partial charge in [0.05, 0.1) is 4.88 Å². The number of aromatic nitrogens is 2. The third-order valence-electron chi connectivity index (χ3n) is 3.31. The van der Waals surface area contributed by atoms with Gasteiger partial charge in [-0.05, 0) is 44.7 Å².